The molecule has 0 amide bonds. The average molecular weight is 332 g/mol. The van der Waals surface area contributed by atoms with Crippen LogP contribution in [0, 0.1) is 0 Å². The van der Waals surface area contributed by atoms with Gasteiger partial charge in [0, 0.05) is 0 Å². The van der Waals surface area contributed by atoms with Crippen LogP contribution in [0.25, 0.3) is 0 Å². The summed E-state index contributed by atoms with van der Waals surface area (Å²) >= 11 is 0. The van der Waals surface area contributed by atoms with Crippen molar-refractivity contribution in [2.24, 2.45) is 0 Å². The Morgan fingerprint density at radius 3 is 2.43 bits per heavy atom. The molecule has 1 fully saturated rings. The molecule has 7 heteroatoms. The fourth-order valence-corrected chi connectivity index (χ4v) is 2.24. The average Bonchev–Trinajstić information content (AvgIpc) is 2.54. The van der Waals surface area contributed by atoms with E-state index in [1.54, 1.807) is 0 Å². The molecule has 1 aliphatic heterocycles. The van der Waals surface area contributed by atoms with E-state index in [0.29, 0.717) is 6.42 Å². The van der Waals surface area contributed by atoms with Gasteiger partial charge in [0.1, 0.15) is 24.4 Å². The quantitative estimate of drug-likeness (QED) is 0.360. The molecular weight excluding hydrogens is 304 g/mol. The number of aliphatic hydroxyl groups excluding tert-OH is 5. The Labute approximate surface area is 136 Å². The zero-order valence-corrected chi connectivity index (χ0v) is 13.5. The van der Waals surface area contributed by atoms with Crippen LogP contribution in [-0.2, 0) is 9.47 Å². The Bertz CT molecular complexity index is 394. The SMILES string of the molecule is C=C(CC/C=C(\C)CO)CCO[C@@H]1O[C@H](CO)[C@@H](O)[C@H](O)[C@H]1O. The van der Waals surface area contributed by atoms with Gasteiger partial charge in [-0.25, -0.2) is 0 Å². The topological polar surface area (TPSA) is 120 Å². The summed E-state index contributed by atoms with van der Waals surface area (Å²) in [5.74, 6) is 0. The van der Waals surface area contributed by atoms with Crippen molar-refractivity contribution in [1.29, 1.82) is 0 Å². The summed E-state index contributed by atoms with van der Waals surface area (Å²) in [6.07, 6.45) is -2.21. The van der Waals surface area contributed by atoms with Crippen molar-refractivity contribution in [3.05, 3.63) is 23.8 Å². The van der Waals surface area contributed by atoms with Crippen LogP contribution in [0.3, 0.4) is 0 Å². The lowest BCUT2D eigenvalue weighted by Crippen LogP contribution is -2.59. The number of rotatable bonds is 9. The van der Waals surface area contributed by atoms with Gasteiger partial charge in [-0.2, -0.15) is 0 Å². The summed E-state index contributed by atoms with van der Waals surface area (Å²) < 4.78 is 10.6. The number of hydrogen-bond acceptors (Lipinski definition) is 7. The summed E-state index contributed by atoms with van der Waals surface area (Å²) in [6.45, 7) is 5.60. The van der Waals surface area contributed by atoms with Crippen LogP contribution in [0.1, 0.15) is 26.2 Å². The molecule has 1 aliphatic rings. The van der Waals surface area contributed by atoms with E-state index in [1.165, 1.54) is 0 Å². The van der Waals surface area contributed by atoms with Crippen molar-refractivity contribution in [3.63, 3.8) is 0 Å². The molecule has 7 nitrogen and oxygen atoms in total. The molecule has 5 atom stereocenters. The van der Waals surface area contributed by atoms with Crippen molar-refractivity contribution in [2.45, 2.75) is 56.9 Å². The molecule has 0 radical (unpaired) electrons. The molecule has 5 N–H and O–H groups in total. The van der Waals surface area contributed by atoms with Crippen LogP contribution in [0.5, 0.6) is 0 Å². The van der Waals surface area contributed by atoms with Crippen LogP contribution in [-0.4, -0.2) is 76.1 Å². The molecule has 0 aliphatic carbocycles. The third kappa shape index (κ3) is 6.31. The first kappa shape index (κ1) is 20.2. The Hall–Kier alpha value is -0.800. The maximum absolute atomic E-state index is 9.82. The lowest BCUT2D eigenvalue weighted by atomic mass is 9.99. The van der Waals surface area contributed by atoms with Gasteiger partial charge in [-0.15, -0.1) is 0 Å². The summed E-state index contributed by atoms with van der Waals surface area (Å²) in [7, 11) is 0. The van der Waals surface area contributed by atoms with Crippen LogP contribution in [0.15, 0.2) is 23.8 Å². The number of ether oxygens (including phenoxy) is 2. The summed E-state index contributed by atoms with van der Waals surface area (Å²) in [5.41, 5.74) is 1.87. The van der Waals surface area contributed by atoms with E-state index in [4.69, 9.17) is 19.7 Å². The molecule has 0 unspecified atom stereocenters. The second-order valence-electron chi connectivity index (χ2n) is 5.82. The fourth-order valence-electron chi connectivity index (χ4n) is 2.24. The standard InChI is InChI=1S/C16H28O7/c1-10(4-3-5-11(2)8-17)6-7-22-16-15(21)14(20)13(19)12(9-18)23-16/h5,12-21H,1,3-4,6-9H2,2H3/b11-5+/t12-,13-,14+,15-,16-/m1/s1. The van der Waals surface area contributed by atoms with E-state index in [1.807, 2.05) is 13.0 Å². The number of hydrogen-bond donors (Lipinski definition) is 5. The molecule has 0 aromatic rings. The molecule has 0 bridgehead atoms. The van der Waals surface area contributed by atoms with E-state index < -0.39 is 37.3 Å². The molecule has 1 heterocycles. The minimum Gasteiger partial charge on any atom is -0.394 e. The Morgan fingerprint density at radius 1 is 1.13 bits per heavy atom. The van der Waals surface area contributed by atoms with Crippen molar-refractivity contribution in [3.8, 4) is 0 Å². The van der Waals surface area contributed by atoms with Crippen LogP contribution in [0.4, 0.5) is 0 Å². The highest BCUT2D eigenvalue weighted by molar-refractivity contribution is 5.02. The first-order valence-corrected chi connectivity index (χ1v) is 7.76. The summed E-state index contributed by atoms with van der Waals surface area (Å²) in [5, 5.41) is 47.1. The minimum absolute atomic E-state index is 0.0483. The molecule has 0 saturated carbocycles. The third-order valence-electron chi connectivity index (χ3n) is 3.83. The third-order valence-corrected chi connectivity index (χ3v) is 3.83. The lowest BCUT2D eigenvalue weighted by molar-refractivity contribution is -0.300. The lowest BCUT2D eigenvalue weighted by Gasteiger charge is -2.39. The molecular formula is C16H28O7. The van der Waals surface area contributed by atoms with E-state index in [0.717, 1.165) is 24.0 Å². The molecule has 1 saturated heterocycles. The second-order valence-corrected chi connectivity index (χ2v) is 5.82. The van der Waals surface area contributed by atoms with Gasteiger partial charge in [0.15, 0.2) is 6.29 Å². The van der Waals surface area contributed by atoms with Gasteiger partial charge in [-0.1, -0.05) is 23.8 Å². The van der Waals surface area contributed by atoms with Gasteiger partial charge in [0.25, 0.3) is 0 Å². The Balaban J connectivity index is 2.32. The highest BCUT2D eigenvalue weighted by Crippen LogP contribution is 2.22. The molecule has 134 valence electrons. The van der Waals surface area contributed by atoms with Crippen molar-refractivity contribution >= 4 is 0 Å². The molecule has 1 rings (SSSR count). The van der Waals surface area contributed by atoms with Crippen LogP contribution in [0.2, 0.25) is 0 Å². The fraction of sp³-hybridized carbons (Fsp3) is 0.750. The van der Waals surface area contributed by atoms with Crippen molar-refractivity contribution in [2.75, 3.05) is 19.8 Å². The van der Waals surface area contributed by atoms with E-state index in [-0.39, 0.29) is 13.2 Å². The van der Waals surface area contributed by atoms with Crippen LogP contribution >= 0.6 is 0 Å². The molecule has 23 heavy (non-hydrogen) atoms. The smallest absolute Gasteiger partial charge is 0.186 e. The van der Waals surface area contributed by atoms with Crippen LogP contribution < -0.4 is 0 Å². The van der Waals surface area contributed by atoms with Gasteiger partial charge in [-0.05, 0) is 26.2 Å². The largest absolute Gasteiger partial charge is 0.394 e. The maximum atomic E-state index is 9.82. The molecule has 0 spiro atoms. The first-order valence-electron chi connectivity index (χ1n) is 7.76. The highest BCUT2D eigenvalue weighted by atomic mass is 16.7. The van der Waals surface area contributed by atoms with E-state index in [2.05, 4.69) is 6.58 Å². The zero-order valence-electron chi connectivity index (χ0n) is 13.5. The normalized spacial score (nSPS) is 32.1. The molecule has 0 aromatic carbocycles. The summed E-state index contributed by atoms with van der Waals surface area (Å²) in [6, 6.07) is 0. The van der Waals surface area contributed by atoms with Crippen molar-refractivity contribution in [1.82, 2.24) is 0 Å². The van der Waals surface area contributed by atoms with E-state index in [9.17, 15) is 15.3 Å². The zero-order chi connectivity index (χ0) is 17.4. The van der Waals surface area contributed by atoms with Crippen molar-refractivity contribution < 1.29 is 35.0 Å². The second kappa shape index (κ2) is 10.1. The van der Waals surface area contributed by atoms with E-state index >= 15 is 0 Å². The number of aliphatic hydroxyl groups is 5. The van der Waals surface area contributed by atoms with Gasteiger partial charge >= 0.3 is 0 Å². The van der Waals surface area contributed by atoms with Gasteiger partial charge in [0.05, 0.1) is 19.8 Å². The maximum Gasteiger partial charge on any atom is 0.186 e. The predicted octanol–water partition coefficient (Wildman–Crippen LogP) is -0.532. The monoisotopic (exact) mass is 332 g/mol. The van der Waals surface area contributed by atoms with Gasteiger partial charge in [-0.3, -0.25) is 0 Å². The van der Waals surface area contributed by atoms with Gasteiger partial charge < -0.3 is 35.0 Å². The summed E-state index contributed by atoms with van der Waals surface area (Å²) in [4.78, 5) is 0. The minimum atomic E-state index is -1.43. The number of allylic oxidation sites excluding steroid dienone is 1. The first-order chi connectivity index (χ1) is 10.9. The Kier molecular flexibility index (Phi) is 8.93. The predicted molar refractivity (Wildman–Crippen MR) is 83.6 cm³/mol. The Morgan fingerprint density at radius 2 is 1.83 bits per heavy atom. The van der Waals surface area contributed by atoms with Gasteiger partial charge in [0.2, 0.25) is 0 Å². The molecule has 0 aromatic heterocycles. The highest BCUT2D eigenvalue weighted by Gasteiger charge is 2.43.